The monoisotopic (exact) mass is 483 g/mol. The van der Waals surface area contributed by atoms with Gasteiger partial charge in [0.05, 0.1) is 5.60 Å². The lowest BCUT2D eigenvalue weighted by Gasteiger charge is -2.38. The van der Waals surface area contributed by atoms with Crippen molar-refractivity contribution in [3.63, 3.8) is 0 Å². The summed E-state index contributed by atoms with van der Waals surface area (Å²) in [6.45, 7) is 5.23. The van der Waals surface area contributed by atoms with Gasteiger partial charge in [0.15, 0.2) is 5.76 Å². The van der Waals surface area contributed by atoms with Crippen molar-refractivity contribution >= 4 is 16.9 Å². The van der Waals surface area contributed by atoms with Crippen LogP contribution in [0.1, 0.15) is 45.8 Å². The molecule has 6 nitrogen and oxygen atoms in total. The van der Waals surface area contributed by atoms with Crippen molar-refractivity contribution in [2.24, 2.45) is 0 Å². The summed E-state index contributed by atoms with van der Waals surface area (Å²) in [5.74, 6) is 0.150. The Morgan fingerprint density at radius 2 is 1.92 bits per heavy atom. The Kier molecular flexibility index (Phi) is 6.90. The van der Waals surface area contributed by atoms with E-state index in [9.17, 15) is 9.90 Å². The number of piperidine rings is 1. The largest absolute Gasteiger partial charge is 0.451 e. The molecular formula is C30H33N3O3. The van der Waals surface area contributed by atoms with Gasteiger partial charge in [-0.15, -0.1) is 0 Å². The van der Waals surface area contributed by atoms with Gasteiger partial charge in [-0.3, -0.25) is 14.7 Å². The number of carbonyl (C=O) groups excluding carboxylic acids is 1. The van der Waals surface area contributed by atoms with Crippen molar-refractivity contribution in [2.75, 3.05) is 26.7 Å². The van der Waals surface area contributed by atoms with Crippen LogP contribution >= 0.6 is 0 Å². The Hall–Kier alpha value is -3.48. The standard InChI is InChI=1S/C30H33N3O3/c1-22-6-5-7-23(18-22)21-33-16-12-30(35,13-17-33)25-9-10-27-24(19-25)20-28(36-27)29(34)32(2)15-11-26-8-3-4-14-31-26/h3-10,14,18-20,35H,11-13,15-17,21H2,1-2H3. The van der Waals surface area contributed by atoms with Crippen molar-refractivity contribution in [3.8, 4) is 0 Å². The first kappa shape index (κ1) is 24.2. The molecule has 1 saturated heterocycles. The maximum atomic E-state index is 12.9. The summed E-state index contributed by atoms with van der Waals surface area (Å²) in [4.78, 5) is 21.3. The number of benzene rings is 2. The molecule has 0 radical (unpaired) electrons. The predicted octanol–water partition coefficient (Wildman–Crippen LogP) is 4.93. The molecule has 1 fully saturated rings. The number of aryl methyl sites for hydroxylation is 1. The van der Waals surface area contributed by atoms with Crippen molar-refractivity contribution in [1.82, 2.24) is 14.8 Å². The number of hydrogen-bond acceptors (Lipinski definition) is 5. The molecule has 1 aliphatic heterocycles. The quantitative estimate of drug-likeness (QED) is 0.403. The van der Waals surface area contributed by atoms with Crippen LogP contribution in [0.4, 0.5) is 0 Å². The number of aliphatic hydroxyl groups is 1. The second-order valence-corrected chi connectivity index (χ2v) is 9.96. The lowest BCUT2D eigenvalue weighted by Crippen LogP contribution is -2.42. The van der Waals surface area contributed by atoms with Crippen LogP contribution in [-0.2, 0) is 18.6 Å². The molecule has 1 aliphatic rings. The van der Waals surface area contributed by atoms with E-state index in [1.165, 1.54) is 11.1 Å². The Labute approximate surface area is 212 Å². The van der Waals surface area contributed by atoms with Crippen LogP contribution in [0.2, 0.25) is 0 Å². The van der Waals surface area contributed by atoms with Crippen LogP contribution in [0, 0.1) is 6.92 Å². The minimum atomic E-state index is -0.877. The van der Waals surface area contributed by atoms with Gasteiger partial charge in [0.2, 0.25) is 0 Å². The summed E-state index contributed by atoms with van der Waals surface area (Å²) in [7, 11) is 1.77. The second kappa shape index (κ2) is 10.2. The van der Waals surface area contributed by atoms with Gasteiger partial charge in [-0.1, -0.05) is 42.0 Å². The van der Waals surface area contributed by atoms with E-state index in [2.05, 4.69) is 41.1 Å². The van der Waals surface area contributed by atoms with Crippen molar-refractivity contribution in [2.45, 2.75) is 38.3 Å². The molecule has 4 aromatic rings. The lowest BCUT2D eigenvalue weighted by molar-refractivity contribution is -0.0276. The maximum Gasteiger partial charge on any atom is 0.289 e. The SMILES string of the molecule is Cc1cccc(CN2CCC(O)(c3ccc4oc(C(=O)N(C)CCc5ccccn5)cc4c3)CC2)c1. The highest BCUT2D eigenvalue weighted by atomic mass is 16.3. The molecule has 0 aliphatic carbocycles. The molecule has 2 aromatic carbocycles. The number of pyridine rings is 1. The first-order valence-electron chi connectivity index (χ1n) is 12.6. The van der Waals surface area contributed by atoms with Crippen LogP contribution in [0.25, 0.3) is 11.0 Å². The molecule has 5 rings (SSSR count). The highest BCUT2D eigenvalue weighted by Crippen LogP contribution is 2.35. The van der Waals surface area contributed by atoms with E-state index in [-0.39, 0.29) is 5.91 Å². The summed E-state index contributed by atoms with van der Waals surface area (Å²) >= 11 is 0. The topological polar surface area (TPSA) is 69.8 Å². The number of carbonyl (C=O) groups is 1. The van der Waals surface area contributed by atoms with Crippen LogP contribution < -0.4 is 0 Å². The molecule has 2 aromatic heterocycles. The van der Waals surface area contributed by atoms with Crippen molar-refractivity contribution in [1.29, 1.82) is 0 Å². The van der Waals surface area contributed by atoms with Gasteiger partial charge >= 0.3 is 0 Å². The molecule has 1 N–H and O–H groups in total. The van der Waals surface area contributed by atoms with Gasteiger partial charge in [0.1, 0.15) is 5.58 Å². The molecule has 186 valence electrons. The molecule has 0 spiro atoms. The van der Waals surface area contributed by atoms with Crippen LogP contribution in [0.15, 0.2) is 77.3 Å². The second-order valence-electron chi connectivity index (χ2n) is 9.96. The smallest absolute Gasteiger partial charge is 0.289 e. The number of hydrogen-bond donors (Lipinski definition) is 1. The van der Waals surface area contributed by atoms with Gasteiger partial charge in [0, 0.05) is 56.9 Å². The fourth-order valence-corrected chi connectivity index (χ4v) is 4.99. The van der Waals surface area contributed by atoms with Gasteiger partial charge in [-0.05, 0) is 61.2 Å². The molecule has 3 heterocycles. The lowest BCUT2D eigenvalue weighted by atomic mass is 9.84. The van der Waals surface area contributed by atoms with Crippen molar-refractivity contribution < 1.29 is 14.3 Å². The minimum absolute atomic E-state index is 0.160. The Balaban J connectivity index is 1.23. The number of likely N-dealkylation sites (N-methyl/N-ethyl adjacent to an activating group) is 1. The van der Waals surface area contributed by atoms with Crippen LogP contribution in [0.3, 0.4) is 0 Å². The molecule has 0 bridgehead atoms. The minimum Gasteiger partial charge on any atom is -0.451 e. The Bertz CT molecular complexity index is 1340. The van der Waals surface area contributed by atoms with E-state index in [0.717, 1.165) is 36.3 Å². The number of likely N-dealkylation sites (tertiary alicyclic amines) is 1. The number of fused-ring (bicyclic) bond motifs is 1. The van der Waals surface area contributed by atoms with Gasteiger partial charge in [-0.25, -0.2) is 0 Å². The fraction of sp³-hybridized carbons (Fsp3) is 0.333. The molecule has 6 heteroatoms. The number of aromatic nitrogens is 1. The number of rotatable bonds is 7. The normalized spacial score (nSPS) is 15.8. The maximum absolute atomic E-state index is 12.9. The average molecular weight is 484 g/mol. The summed E-state index contributed by atoms with van der Waals surface area (Å²) in [6, 6.07) is 21.9. The van der Waals surface area contributed by atoms with E-state index >= 15 is 0 Å². The molecule has 0 saturated carbocycles. The van der Waals surface area contributed by atoms with Gasteiger partial charge < -0.3 is 14.4 Å². The third-order valence-corrected chi connectivity index (χ3v) is 7.21. The van der Waals surface area contributed by atoms with Gasteiger partial charge in [-0.2, -0.15) is 0 Å². The van der Waals surface area contributed by atoms with Gasteiger partial charge in [0.25, 0.3) is 5.91 Å². The van der Waals surface area contributed by atoms with E-state index < -0.39 is 5.60 Å². The van der Waals surface area contributed by atoms with Crippen LogP contribution in [-0.4, -0.2) is 52.5 Å². The molecular weight excluding hydrogens is 450 g/mol. The average Bonchev–Trinajstić information content (AvgIpc) is 3.32. The Morgan fingerprint density at radius 1 is 1.08 bits per heavy atom. The van der Waals surface area contributed by atoms with Crippen molar-refractivity contribution in [3.05, 3.63) is 101 Å². The molecule has 0 atom stereocenters. The zero-order chi connectivity index (χ0) is 25.1. The van der Waals surface area contributed by atoms with E-state index in [0.29, 0.717) is 37.2 Å². The zero-order valence-corrected chi connectivity index (χ0v) is 21.0. The number of nitrogens with zero attached hydrogens (tertiary/aromatic N) is 3. The molecule has 36 heavy (non-hydrogen) atoms. The fourth-order valence-electron chi connectivity index (χ4n) is 4.99. The summed E-state index contributed by atoms with van der Waals surface area (Å²) in [5, 5.41) is 12.3. The summed E-state index contributed by atoms with van der Waals surface area (Å²) in [6.07, 6.45) is 3.78. The first-order valence-corrected chi connectivity index (χ1v) is 12.6. The summed E-state index contributed by atoms with van der Waals surface area (Å²) < 4.78 is 5.87. The van der Waals surface area contributed by atoms with E-state index in [1.54, 1.807) is 24.2 Å². The predicted molar refractivity (Wildman–Crippen MR) is 141 cm³/mol. The highest BCUT2D eigenvalue weighted by molar-refractivity contribution is 5.96. The van der Waals surface area contributed by atoms with E-state index in [1.807, 2.05) is 36.4 Å². The summed E-state index contributed by atoms with van der Waals surface area (Å²) in [5.41, 5.74) is 4.19. The number of furan rings is 1. The molecule has 0 unspecified atom stereocenters. The highest BCUT2D eigenvalue weighted by Gasteiger charge is 2.34. The first-order chi connectivity index (χ1) is 17.4. The van der Waals surface area contributed by atoms with Crippen LogP contribution in [0.5, 0.6) is 0 Å². The Morgan fingerprint density at radius 3 is 2.67 bits per heavy atom. The number of amides is 1. The third kappa shape index (κ3) is 5.35. The molecule has 1 amide bonds. The van der Waals surface area contributed by atoms with E-state index in [4.69, 9.17) is 4.42 Å². The zero-order valence-electron chi connectivity index (χ0n) is 21.0. The third-order valence-electron chi connectivity index (χ3n) is 7.21.